The standard InChI is InChI=1S/C16H25NO3/c1-10-6-7-12(11(2)8-10)14(18)17-13(16(3,4)5)9-20-15(17)19/h6,11-13H,7-9H2,1-5H3/t11-,12-,13-/m1/s1. The van der Waals surface area contributed by atoms with Crippen molar-refractivity contribution < 1.29 is 14.3 Å². The lowest BCUT2D eigenvalue weighted by Gasteiger charge is -2.35. The minimum absolute atomic E-state index is 0.0660. The summed E-state index contributed by atoms with van der Waals surface area (Å²) in [5.41, 5.74) is 1.17. The SMILES string of the molecule is CC1=CC[C@@H](C(=O)N2C(=O)OC[C@@H]2C(C)(C)C)[C@H](C)C1. The third kappa shape index (κ3) is 2.74. The minimum Gasteiger partial charge on any atom is -0.447 e. The van der Waals surface area contributed by atoms with E-state index in [9.17, 15) is 9.59 Å². The maximum Gasteiger partial charge on any atom is 0.417 e. The Morgan fingerprint density at radius 3 is 2.60 bits per heavy atom. The van der Waals surface area contributed by atoms with Crippen molar-refractivity contribution in [3.63, 3.8) is 0 Å². The van der Waals surface area contributed by atoms with Crippen LogP contribution in [0.3, 0.4) is 0 Å². The maximum absolute atomic E-state index is 12.8. The summed E-state index contributed by atoms with van der Waals surface area (Å²) in [4.78, 5) is 26.1. The van der Waals surface area contributed by atoms with Crippen LogP contribution < -0.4 is 0 Å². The Morgan fingerprint density at radius 2 is 2.05 bits per heavy atom. The Morgan fingerprint density at radius 1 is 1.40 bits per heavy atom. The van der Waals surface area contributed by atoms with E-state index in [2.05, 4.69) is 19.9 Å². The molecule has 0 aromatic rings. The third-order valence-electron chi connectivity index (χ3n) is 4.48. The molecule has 1 aliphatic carbocycles. The summed E-state index contributed by atoms with van der Waals surface area (Å²) >= 11 is 0. The van der Waals surface area contributed by atoms with Crippen LogP contribution in [0.4, 0.5) is 4.79 Å². The molecule has 1 aliphatic heterocycles. The Labute approximate surface area is 121 Å². The Hall–Kier alpha value is -1.32. The van der Waals surface area contributed by atoms with Gasteiger partial charge in [0.1, 0.15) is 6.61 Å². The van der Waals surface area contributed by atoms with Crippen LogP contribution in [0.25, 0.3) is 0 Å². The maximum atomic E-state index is 12.8. The quantitative estimate of drug-likeness (QED) is 0.691. The summed E-state index contributed by atoms with van der Waals surface area (Å²) < 4.78 is 5.12. The molecule has 2 aliphatic rings. The second kappa shape index (κ2) is 5.23. The Bertz CT molecular complexity index is 447. The van der Waals surface area contributed by atoms with Gasteiger partial charge in [0.15, 0.2) is 0 Å². The average molecular weight is 279 g/mol. The van der Waals surface area contributed by atoms with Gasteiger partial charge < -0.3 is 4.74 Å². The van der Waals surface area contributed by atoms with E-state index < -0.39 is 6.09 Å². The number of cyclic esters (lactones) is 1. The molecule has 0 bridgehead atoms. The molecule has 2 rings (SSSR count). The number of carbonyl (C=O) groups is 2. The van der Waals surface area contributed by atoms with Crippen LogP contribution in [0.5, 0.6) is 0 Å². The molecule has 1 fully saturated rings. The first-order valence-corrected chi connectivity index (χ1v) is 7.37. The number of allylic oxidation sites excluding steroid dienone is 2. The number of ether oxygens (including phenoxy) is 1. The average Bonchev–Trinajstić information content (AvgIpc) is 2.70. The fourth-order valence-corrected chi connectivity index (χ4v) is 3.12. The van der Waals surface area contributed by atoms with Crippen molar-refractivity contribution in [3.8, 4) is 0 Å². The van der Waals surface area contributed by atoms with E-state index in [1.165, 1.54) is 10.5 Å². The molecular weight excluding hydrogens is 254 g/mol. The lowest BCUT2D eigenvalue weighted by Crippen LogP contribution is -2.49. The van der Waals surface area contributed by atoms with Crippen LogP contribution in [-0.4, -0.2) is 29.5 Å². The van der Waals surface area contributed by atoms with E-state index in [1.807, 2.05) is 20.8 Å². The van der Waals surface area contributed by atoms with Gasteiger partial charge in [0.05, 0.1) is 6.04 Å². The van der Waals surface area contributed by atoms with Crippen molar-refractivity contribution in [2.24, 2.45) is 17.3 Å². The van der Waals surface area contributed by atoms with E-state index in [0.29, 0.717) is 6.61 Å². The molecule has 0 radical (unpaired) electrons. The fourth-order valence-electron chi connectivity index (χ4n) is 3.12. The zero-order valence-corrected chi connectivity index (χ0v) is 13.1. The van der Waals surface area contributed by atoms with E-state index in [1.54, 1.807) is 0 Å². The van der Waals surface area contributed by atoms with Crippen molar-refractivity contribution in [2.45, 2.75) is 53.5 Å². The number of carbonyl (C=O) groups excluding carboxylic acids is 2. The highest BCUT2D eigenvalue weighted by molar-refractivity contribution is 5.95. The summed E-state index contributed by atoms with van der Waals surface area (Å²) in [6.45, 7) is 10.6. The molecule has 112 valence electrons. The topological polar surface area (TPSA) is 46.6 Å². The number of rotatable bonds is 1. The molecule has 0 aromatic carbocycles. The fraction of sp³-hybridized carbons (Fsp3) is 0.750. The van der Waals surface area contributed by atoms with Gasteiger partial charge in [-0.15, -0.1) is 0 Å². The van der Waals surface area contributed by atoms with Crippen LogP contribution in [0.2, 0.25) is 0 Å². The highest BCUT2D eigenvalue weighted by Gasteiger charge is 2.46. The predicted octanol–water partition coefficient (Wildman–Crippen LogP) is 3.37. The second-order valence-electron chi connectivity index (χ2n) is 7.24. The molecule has 4 nitrogen and oxygen atoms in total. The monoisotopic (exact) mass is 279 g/mol. The number of imide groups is 1. The molecule has 3 atom stereocenters. The van der Waals surface area contributed by atoms with Gasteiger partial charge in [-0.3, -0.25) is 4.79 Å². The molecule has 1 saturated heterocycles. The number of amides is 2. The van der Waals surface area contributed by atoms with Gasteiger partial charge in [-0.1, -0.05) is 39.3 Å². The van der Waals surface area contributed by atoms with Gasteiger partial charge in [-0.05, 0) is 31.1 Å². The molecule has 4 heteroatoms. The molecule has 0 unspecified atom stereocenters. The Balaban J connectivity index is 2.21. The minimum atomic E-state index is -0.478. The van der Waals surface area contributed by atoms with Crippen LogP contribution in [0.15, 0.2) is 11.6 Å². The zero-order chi connectivity index (χ0) is 15.1. The third-order valence-corrected chi connectivity index (χ3v) is 4.48. The molecule has 0 N–H and O–H groups in total. The van der Waals surface area contributed by atoms with E-state index >= 15 is 0 Å². The highest BCUT2D eigenvalue weighted by atomic mass is 16.6. The molecule has 1 heterocycles. The van der Waals surface area contributed by atoms with Crippen molar-refractivity contribution in [1.82, 2.24) is 4.90 Å². The lowest BCUT2D eigenvalue weighted by molar-refractivity contribution is -0.136. The molecule has 0 spiro atoms. The zero-order valence-electron chi connectivity index (χ0n) is 13.1. The van der Waals surface area contributed by atoms with Crippen LogP contribution in [-0.2, 0) is 9.53 Å². The van der Waals surface area contributed by atoms with Crippen LogP contribution in [0, 0.1) is 17.3 Å². The summed E-state index contributed by atoms with van der Waals surface area (Å²) in [5.74, 6) is 0.111. The van der Waals surface area contributed by atoms with Gasteiger partial charge in [0, 0.05) is 5.92 Å². The largest absolute Gasteiger partial charge is 0.447 e. The van der Waals surface area contributed by atoms with Gasteiger partial charge in [-0.25, -0.2) is 9.69 Å². The van der Waals surface area contributed by atoms with Gasteiger partial charge >= 0.3 is 6.09 Å². The molecule has 0 aromatic heterocycles. The smallest absolute Gasteiger partial charge is 0.417 e. The normalized spacial score (nSPS) is 31.1. The van der Waals surface area contributed by atoms with Gasteiger partial charge in [0.2, 0.25) is 5.91 Å². The van der Waals surface area contributed by atoms with Gasteiger partial charge in [0.25, 0.3) is 0 Å². The second-order valence-corrected chi connectivity index (χ2v) is 7.24. The summed E-state index contributed by atoms with van der Waals surface area (Å²) in [7, 11) is 0. The van der Waals surface area contributed by atoms with Crippen LogP contribution >= 0.6 is 0 Å². The Kier molecular flexibility index (Phi) is 3.94. The summed E-state index contributed by atoms with van der Waals surface area (Å²) in [5, 5.41) is 0. The van der Waals surface area contributed by atoms with Crippen molar-refractivity contribution in [2.75, 3.05) is 6.61 Å². The first kappa shape index (κ1) is 15.1. The summed E-state index contributed by atoms with van der Waals surface area (Å²) in [6, 6.07) is -0.165. The van der Waals surface area contributed by atoms with E-state index in [0.717, 1.165) is 12.8 Å². The number of nitrogens with zero attached hydrogens (tertiary/aromatic N) is 1. The highest BCUT2D eigenvalue weighted by Crippen LogP contribution is 2.35. The van der Waals surface area contributed by atoms with E-state index in [4.69, 9.17) is 4.74 Å². The van der Waals surface area contributed by atoms with Crippen molar-refractivity contribution >= 4 is 12.0 Å². The van der Waals surface area contributed by atoms with Crippen LogP contribution in [0.1, 0.15) is 47.5 Å². The molecule has 2 amide bonds. The first-order chi connectivity index (χ1) is 9.21. The van der Waals surface area contributed by atoms with Crippen molar-refractivity contribution in [3.05, 3.63) is 11.6 Å². The molecular formula is C16H25NO3. The lowest BCUT2D eigenvalue weighted by atomic mass is 9.79. The summed E-state index contributed by atoms with van der Waals surface area (Å²) in [6.07, 6.45) is 3.30. The molecule has 0 saturated carbocycles. The van der Waals surface area contributed by atoms with E-state index in [-0.39, 0.29) is 29.2 Å². The predicted molar refractivity (Wildman–Crippen MR) is 77.1 cm³/mol. The molecule has 20 heavy (non-hydrogen) atoms. The van der Waals surface area contributed by atoms with Gasteiger partial charge in [-0.2, -0.15) is 0 Å². The number of hydrogen-bond donors (Lipinski definition) is 0. The number of hydrogen-bond acceptors (Lipinski definition) is 3. The van der Waals surface area contributed by atoms with Crippen molar-refractivity contribution in [1.29, 1.82) is 0 Å². The first-order valence-electron chi connectivity index (χ1n) is 7.37.